The van der Waals surface area contributed by atoms with Gasteiger partial charge in [0.2, 0.25) is 0 Å². The molecule has 1 N–H and O–H groups in total. The second-order valence-corrected chi connectivity index (χ2v) is 4.92. The van der Waals surface area contributed by atoms with E-state index in [4.69, 9.17) is 4.42 Å². The summed E-state index contributed by atoms with van der Waals surface area (Å²) in [6.07, 6.45) is 1.77. The van der Waals surface area contributed by atoms with Gasteiger partial charge in [-0.15, -0.1) is 11.8 Å². The molecule has 1 aliphatic heterocycles. The number of thioether (sulfide) groups is 1. The SMILES string of the molecule is Cc1occc1SCCN1CCNCC1. The van der Waals surface area contributed by atoms with E-state index in [1.807, 2.05) is 18.7 Å². The van der Waals surface area contributed by atoms with Gasteiger partial charge in [-0.2, -0.15) is 0 Å². The maximum Gasteiger partial charge on any atom is 0.114 e. The van der Waals surface area contributed by atoms with Crippen LogP contribution in [0.1, 0.15) is 5.76 Å². The van der Waals surface area contributed by atoms with Crippen LogP contribution in [0.5, 0.6) is 0 Å². The van der Waals surface area contributed by atoms with Gasteiger partial charge in [-0.1, -0.05) is 0 Å². The van der Waals surface area contributed by atoms with Gasteiger partial charge in [0.1, 0.15) is 5.76 Å². The Bertz CT molecular complexity index is 295. The molecule has 1 aromatic rings. The molecule has 1 saturated heterocycles. The summed E-state index contributed by atoms with van der Waals surface area (Å²) in [4.78, 5) is 3.80. The molecule has 15 heavy (non-hydrogen) atoms. The molecule has 4 heteroatoms. The Balaban J connectivity index is 1.68. The fraction of sp³-hybridized carbons (Fsp3) is 0.636. The number of aryl methyl sites for hydroxylation is 1. The maximum atomic E-state index is 5.26. The van der Waals surface area contributed by atoms with Crippen molar-refractivity contribution in [3.05, 3.63) is 18.1 Å². The standard InChI is InChI=1S/C11H18N2OS/c1-10-11(2-8-14-10)15-9-7-13-5-3-12-4-6-13/h2,8,12H,3-7,9H2,1H3. The van der Waals surface area contributed by atoms with Crippen LogP contribution in [0.25, 0.3) is 0 Å². The van der Waals surface area contributed by atoms with Crippen molar-refractivity contribution in [3.8, 4) is 0 Å². The molecule has 2 rings (SSSR count). The van der Waals surface area contributed by atoms with E-state index in [1.54, 1.807) is 6.26 Å². The lowest BCUT2D eigenvalue weighted by Crippen LogP contribution is -2.44. The first-order valence-corrected chi connectivity index (χ1v) is 6.45. The van der Waals surface area contributed by atoms with Crippen LogP contribution in [-0.4, -0.2) is 43.4 Å². The molecule has 0 bridgehead atoms. The third-order valence-corrected chi connectivity index (χ3v) is 3.81. The molecule has 0 aromatic carbocycles. The summed E-state index contributed by atoms with van der Waals surface area (Å²) in [7, 11) is 0. The molecule has 0 amide bonds. The first-order chi connectivity index (χ1) is 7.36. The van der Waals surface area contributed by atoms with Crippen LogP contribution >= 0.6 is 11.8 Å². The van der Waals surface area contributed by atoms with Crippen molar-refractivity contribution >= 4 is 11.8 Å². The number of nitrogens with one attached hydrogen (secondary N) is 1. The number of furan rings is 1. The highest BCUT2D eigenvalue weighted by Crippen LogP contribution is 2.22. The summed E-state index contributed by atoms with van der Waals surface area (Å²) in [6, 6.07) is 2.05. The topological polar surface area (TPSA) is 28.4 Å². The summed E-state index contributed by atoms with van der Waals surface area (Å²) < 4.78 is 5.26. The normalized spacial score (nSPS) is 18.2. The lowest BCUT2D eigenvalue weighted by atomic mass is 10.4. The third-order valence-electron chi connectivity index (χ3n) is 2.69. The number of hydrogen-bond acceptors (Lipinski definition) is 4. The van der Waals surface area contributed by atoms with Gasteiger partial charge in [0.25, 0.3) is 0 Å². The molecule has 2 heterocycles. The fourth-order valence-corrected chi connectivity index (χ4v) is 2.72. The Morgan fingerprint density at radius 3 is 2.93 bits per heavy atom. The van der Waals surface area contributed by atoms with Gasteiger partial charge in [-0.25, -0.2) is 0 Å². The van der Waals surface area contributed by atoms with E-state index in [-0.39, 0.29) is 0 Å². The molecule has 3 nitrogen and oxygen atoms in total. The van der Waals surface area contributed by atoms with E-state index in [2.05, 4.69) is 16.3 Å². The minimum absolute atomic E-state index is 1.04. The van der Waals surface area contributed by atoms with Crippen molar-refractivity contribution in [2.45, 2.75) is 11.8 Å². The monoisotopic (exact) mass is 226 g/mol. The molecule has 1 aliphatic rings. The van der Waals surface area contributed by atoms with Crippen molar-refractivity contribution in [2.75, 3.05) is 38.5 Å². The summed E-state index contributed by atoms with van der Waals surface area (Å²) in [5.74, 6) is 2.20. The third kappa shape index (κ3) is 3.26. The van der Waals surface area contributed by atoms with Gasteiger partial charge in [0.15, 0.2) is 0 Å². The molecule has 0 radical (unpaired) electrons. The average Bonchev–Trinajstić information content (AvgIpc) is 2.66. The van der Waals surface area contributed by atoms with Crippen LogP contribution in [-0.2, 0) is 0 Å². The lowest BCUT2D eigenvalue weighted by Gasteiger charge is -2.26. The molecule has 0 spiro atoms. The van der Waals surface area contributed by atoms with Crippen LogP contribution in [0.15, 0.2) is 21.6 Å². The van der Waals surface area contributed by atoms with Crippen LogP contribution in [0.4, 0.5) is 0 Å². The first kappa shape index (κ1) is 11.0. The molecule has 0 saturated carbocycles. The number of piperazine rings is 1. The smallest absolute Gasteiger partial charge is 0.114 e. The van der Waals surface area contributed by atoms with Crippen molar-refractivity contribution < 1.29 is 4.42 Å². The van der Waals surface area contributed by atoms with Gasteiger partial charge >= 0.3 is 0 Å². The van der Waals surface area contributed by atoms with E-state index in [0.717, 1.165) is 24.6 Å². The quantitative estimate of drug-likeness (QED) is 0.789. The summed E-state index contributed by atoms with van der Waals surface area (Å²) in [5.41, 5.74) is 0. The van der Waals surface area contributed by atoms with Gasteiger partial charge in [-0.3, -0.25) is 4.90 Å². The number of rotatable bonds is 4. The van der Waals surface area contributed by atoms with Crippen molar-refractivity contribution in [2.24, 2.45) is 0 Å². The Morgan fingerprint density at radius 2 is 2.27 bits per heavy atom. The molecule has 1 aromatic heterocycles. The highest BCUT2D eigenvalue weighted by atomic mass is 32.2. The zero-order valence-corrected chi connectivity index (χ0v) is 9.98. The van der Waals surface area contributed by atoms with Crippen molar-refractivity contribution in [1.29, 1.82) is 0 Å². The Kier molecular flexibility index (Phi) is 4.11. The molecular formula is C11H18N2OS. The van der Waals surface area contributed by atoms with E-state index < -0.39 is 0 Å². The van der Waals surface area contributed by atoms with Crippen LogP contribution in [0.3, 0.4) is 0 Å². The fourth-order valence-electron chi connectivity index (χ4n) is 1.74. The van der Waals surface area contributed by atoms with Crippen molar-refractivity contribution in [1.82, 2.24) is 10.2 Å². The van der Waals surface area contributed by atoms with Gasteiger partial charge in [0, 0.05) is 43.4 Å². The predicted molar refractivity (Wildman–Crippen MR) is 63.5 cm³/mol. The molecule has 0 unspecified atom stereocenters. The van der Waals surface area contributed by atoms with E-state index in [1.165, 1.54) is 24.5 Å². The minimum atomic E-state index is 1.04. The van der Waals surface area contributed by atoms with E-state index >= 15 is 0 Å². The van der Waals surface area contributed by atoms with E-state index in [0.29, 0.717) is 0 Å². The van der Waals surface area contributed by atoms with Gasteiger partial charge in [-0.05, 0) is 13.0 Å². The lowest BCUT2D eigenvalue weighted by molar-refractivity contribution is 0.255. The van der Waals surface area contributed by atoms with Gasteiger partial charge < -0.3 is 9.73 Å². The average molecular weight is 226 g/mol. The van der Waals surface area contributed by atoms with Crippen LogP contribution in [0, 0.1) is 6.92 Å². The van der Waals surface area contributed by atoms with Crippen LogP contribution < -0.4 is 5.32 Å². The molecular weight excluding hydrogens is 208 g/mol. The molecule has 84 valence electrons. The second-order valence-electron chi connectivity index (χ2n) is 3.78. The Hall–Kier alpha value is -0.450. The predicted octanol–water partition coefficient (Wildman–Crippen LogP) is 1.59. The first-order valence-electron chi connectivity index (χ1n) is 5.46. The second kappa shape index (κ2) is 5.58. The number of nitrogens with zero attached hydrogens (tertiary/aromatic N) is 1. The largest absolute Gasteiger partial charge is 0.468 e. The summed E-state index contributed by atoms with van der Waals surface area (Å²) >= 11 is 1.89. The maximum absolute atomic E-state index is 5.26. The van der Waals surface area contributed by atoms with Crippen molar-refractivity contribution in [3.63, 3.8) is 0 Å². The Labute approximate surface area is 95.2 Å². The van der Waals surface area contributed by atoms with Crippen LogP contribution in [0.2, 0.25) is 0 Å². The highest BCUT2D eigenvalue weighted by molar-refractivity contribution is 7.99. The van der Waals surface area contributed by atoms with E-state index in [9.17, 15) is 0 Å². The molecule has 0 aliphatic carbocycles. The number of hydrogen-bond donors (Lipinski definition) is 1. The Morgan fingerprint density at radius 1 is 1.47 bits per heavy atom. The minimum Gasteiger partial charge on any atom is -0.468 e. The summed E-state index contributed by atoms with van der Waals surface area (Å²) in [6.45, 7) is 7.84. The van der Waals surface area contributed by atoms with Gasteiger partial charge in [0.05, 0.1) is 6.26 Å². The zero-order chi connectivity index (χ0) is 10.5. The molecule has 0 atom stereocenters. The summed E-state index contributed by atoms with van der Waals surface area (Å²) in [5, 5.41) is 3.36. The molecule has 1 fully saturated rings. The highest BCUT2D eigenvalue weighted by Gasteiger charge is 2.09. The zero-order valence-electron chi connectivity index (χ0n) is 9.16.